The van der Waals surface area contributed by atoms with Crippen LogP contribution in [-0.4, -0.2) is 12.4 Å². The maximum absolute atomic E-state index is 3.90. The highest BCUT2D eigenvalue weighted by molar-refractivity contribution is 14.1. The summed E-state index contributed by atoms with van der Waals surface area (Å²) in [7, 11) is 0. The molecule has 40 valence electrons. The molecule has 1 rings (SSSR count). The van der Waals surface area contributed by atoms with E-state index in [1.165, 1.54) is 0 Å². The molecule has 4 heteroatoms. The third-order valence-electron chi connectivity index (χ3n) is 0.822. The van der Waals surface area contributed by atoms with Crippen LogP contribution < -0.4 is 10.9 Å². The van der Waals surface area contributed by atoms with E-state index in [-0.39, 0.29) is 0 Å². The predicted octanol–water partition coefficient (Wildman–Crippen LogP) is 0.233. The van der Waals surface area contributed by atoms with Crippen molar-refractivity contribution in [1.82, 2.24) is 10.9 Å². The standard InChI is InChI=1S/C3H6IN3/c4-6-3-1-2-5-7-3/h5H,1-2H2,(H,6,7). The van der Waals surface area contributed by atoms with Crippen LogP contribution >= 0.6 is 22.9 Å². The molecule has 0 saturated carbocycles. The molecule has 7 heavy (non-hydrogen) atoms. The molecule has 1 fully saturated rings. The summed E-state index contributed by atoms with van der Waals surface area (Å²) >= 11 is 1.97. The Morgan fingerprint density at radius 1 is 1.71 bits per heavy atom. The van der Waals surface area contributed by atoms with Crippen molar-refractivity contribution in [1.29, 1.82) is 0 Å². The average molecular weight is 211 g/mol. The Hall–Kier alpha value is 0.160. The van der Waals surface area contributed by atoms with Gasteiger partial charge in [0.25, 0.3) is 0 Å². The number of rotatable bonds is 0. The summed E-state index contributed by atoms with van der Waals surface area (Å²) in [6.45, 7) is 1.00. The van der Waals surface area contributed by atoms with Crippen molar-refractivity contribution < 1.29 is 0 Å². The SMILES string of the molecule is IN=C1CCNN1. The zero-order chi connectivity index (χ0) is 5.11. The number of hydrazine groups is 1. The van der Waals surface area contributed by atoms with E-state index < -0.39 is 0 Å². The first-order chi connectivity index (χ1) is 3.43. The van der Waals surface area contributed by atoms with Gasteiger partial charge in [0.05, 0.1) is 22.9 Å². The van der Waals surface area contributed by atoms with Gasteiger partial charge in [0, 0.05) is 13.0 Å². The second-order valence-corrected chi connectivity index (χ2v) is 1.82. The van der Waals surface area contributed by atoms with Gasteiger partial charge >= 0.3 is 0 Å². The number of hydrogen-bond donors (Lipinski definition) is 2. The van der Waals surface area contributed by atoms with E-state index in [0.717, 1.165) is 18.8 Å². The predicted molar refractivity (Wildman–Crippen MR) is 37.2 cm³/mol. The van der Waals surface area contributed by atoms with Crippen molar-refractivity contribution >= 4 is 28.7 Å². The Balaban J connectivity index is 2.41. The van der Waals surface area contributed by atoms with Gasteiger partial charge in [0.15, 0.2) is 0 Å². The third kappa shape index (κ3) is 1.27. The Morgan fingerprint density at radius 3 is 2.86 bits per heavy atom. The van der Waals surface area contributed by atoms with Crippen LogP contribution in [0.4, 0.5) is 0 Å². The van der Waals surface area contributed by atoms with Gasteiger partial charge in [-0.1, -0.05) is 0 Å². The molecule has 1 saturated heterocycles. The molecule has 0 aliphatic carbocycles. The summed E-state index contributed by atoms with van der Waals surface area (Å²) in [5.74, 6) is 1.04. The minimum atomic E-state index is 1.00. The Bertz CT molecular complexity index is 82.2. The number of nitrogens with one attached hydrogen (secondary N) is 2. The molecule has 1 aliphatic rings. The van der Waals surface area contributed by atoms with Crippen molar-refractivity contribution in [3.05, 3.63) is 0 Å². The van der Waals surface area contributed by atoms with E-state index in [4.69, 9.17) is 0 Å². The van der Waals surface area contributed by atoms with Crippen LogP contribution in [0.3, 0.4) is 0 Å². The fourth-order valence-electron chi connectivity index (χ4n) is 0.471. The zero-order valence-electron chi connectivity index (χ0n) is 3.74. The van der Waals surface area contributed by atoms with E-state index in [1.807, 2.05) is 22.9 Å². The molecule has 0 aromatic carbocycles. The first kappa shape index (κ1) is 5.30. The lowest BCUT2D eigenvalue weighted by Crippen LogP contribution is -2.25. The number of nitrogens with zero attached hydrogens (tertiary/aromatic N) is 1. The monoisotopic (exact) mass is 211 g/mol. The van der Waals surface area contributed by atoms with Gasteiger partial charge in [-0.2, -0.15) is 0 Å². The lowest BCUT2D eigenvalue weighted by atomic mass is 10.4. The highest BCUT2D eigenvalue weighted by Gasteiger charge is 2.02. The Kier molecular flexibility index (Phi) is 1.86. The minimum Gasteiger partial charge on any atom is -0.309 e. The van der Waals surface area contributed by atoms with Crippen LogP contribution in [0.5, 0.6) is 0 Å². The van der Waals surface area contributed by atoms with E-state index in [2.05, 4.69) is 14.1 Å². The van der Waals surface area contributed by atoms with Gasteiger partial charge in [-0.05, 0) is 0 Å². The molecular weight excluding hydrogens is 205 g/mol. The van der Waals surface area contributed by atoms with Crippen LogP contribution in [0, 0.1) is 0 Å². The normalized spacial score (nSPS) is 25.6. The smallest absolute Gasteiger partial charge is 0.124 e. The topological polar surface area (TPSA) is 36.4 Å². The number of amidine groups is 1. The van der Waals surface area contributed by atoms with Crippen molar-refractivity contribution in [2.45, 2.75) is 6.42 Å². The molecule has 0 radical (unpaired) electrons. The minimum absolute atomic E-state index is 1.00. The molecule has 0 aromatic rings. The Morgan fingerprint density at radius 2 is 2.57 bits per heavy atom. The van der Waals surface area contributed by atoms with Gasteiger partial charge in [-0.25, -0.2) is 8.63 Å². The number of hydrogen-bond acceptors (Lipinski definition) is 2. The zero-order valence-corrected chi connectivity index (χ0v) is 5.90. The van der Waals surface area contributed by atoms with Crippen LogP contribution in [0.1, 0.15) is 6.42 Å². The molecule has 0 bridgehead atoms. The van der Waals surface area contributed by atoms with E-state index in [1.54, 1.807) is 0 Å². The van der Waals surface area contributed by atoms with E-state index >= 15 is 0 Å². The highest BCUT2D eigenvalue weighted by Crippen LogP contribution is 1.91. The lowest BCUT2D eigenvalue weighted by molar-refractivity contribution is 0.743. The van der Waals surface area contributed by atoms with Crippen LogP contribution in [-0.2, 0) is 0 Å². The van der Waals surface area contributed by atoms with E-state index in [0.29, 0.717) is 0 Å². The second-order valence-electron chi connectivity index (χ2n) is 1.33. The van der Waals surface area contributed by atoms with Crippen molar-refractivity contribution in [2.75, 3.05) is 6.54 Å². The molecule has 0 amide bonds. The van der Waals surface area contributed by atoms with Crippen molar-refractivity contribution in [3.8, 4) is 0 Å². The average Bonchev–Trinajstić information content (AvgIpc) is 2.14. The lowest BCUT2D eigenvalue weighted by Gasteiger charge is -1.88. The fourth-order valence-corrected chi connectivity index (χ4v) is 0.833. The summed E-state index contributed by atoms with van der Waals surface area (Å²) in [6, 6.07) is 0. The first-order valence-corrected chi connectivity index (χ1v) is 3.06. The fraction of sp³-hybridized carbons (Fsp3) is 0.667. The molecule has 1 aliphatic heterocycles. The third-order valence-corrected chi connectivity index (χ3v) is 1.40. The number of halogens is 1. The Labute approximate surface area is 56.0 Å². The van der Waals surface area contributed by atoms with Crippen molar-refractivity contribution in [2.24, 2.45) is 3.21 Å². The maximum atomic E-state index is 3.90. The molecule has 0 atom stereocenters. The summed E-state index contributed by atoms with van der Waals surface area (Å²) in [4.78, 5) is 0. The largest absolute Gasteiger partial charge is 0.309 e. The molecule has 1 heterocycles. The molecule has 0 spiro atoms. The summed E-state index contributed by atoms with van der Waals surface area (Å²) in [6.07, 6.45) is 1.03. The molecule has 0 aromatic heterocycles. The van der Waals surface area contributed by atoms with Gasteiger partial charge in [-0.3, -0.25) is 0 Å². The molecule has 3 nitrogen and oxygen atoms in total. The quantitative estimate of drug-likeness (QED) is 0.563. The van der Waals surface area contributed by atoms with Gasteiger partial charge in [0.2, 0.25) is 0 Å². The molecule has 2 N–H and O–H groups in total. The highest BCUT2D eigenvalue weighted by atomic mass is 127. The molecule has 0 unspecified atom stereocenters. The summed E-state index contributed by atoms with van der Waals surface area (Å²) in [5, 5.41) is 0. The van der Waals surface area contributed by atoms with Crippen LogP contribution in [0.2, 0.25) is 0 Å². The van der Waals surface area contributed by atoms with Crippen LogP contribution in [0.25, 0.3) is 0 Å². The van der Waals surface area contributed by atoms with Gasteiger partial charge in [-0.15, -0.1) is 0 Å². The van der Waals surface area contributed by atoms with Crippen molar-refractivity contribution in [3.63, 3.8) is 0 Å². The maximum Gasteiger partial charge on any atom is 0.124 e. The first-order valence-electron chi connectivity index (χ1n) is 2.10. The van der Waals surface area contributed by atoms with E-state index in [9.17, 15) is 0 Å². The summed E-state index contributed by atoms with van der Waals surface area (Å²) in [5.41, 5.74) is 5.84. The van der Waals surface area contributed by atoms with Gasteiger partial charge < -0.3 is 5.43 Å². The molecular formula is C3H6IN3. The van der Waals surface area contributed by atoms with Crippen LogP contribution in [0.15, 0.2) is 3.21 Å². The van der Waals surface area contributed by atoms with Gasteiger partial charge in [0.1, 0.15) is 5.84 Å². The summed E-state index contributed by atoms with van der Waals surface area (Å²) < 4.78 is 3.90. The second kappa shape index (κ2) is 2.46.